The zero-order chi connectivity index (χ0) is 13.4. The second-order valence-electron chi connectivity index (χ2n) is 6.38. The van der Waals surface area contributed by atoms with E-state index in [1.807, 2.05) is 6.92 Å². The van der Waals surface area contributed by atoms with Crippen LogP contribution in [-0.4, -0.2) is 46.2 Å². The Hall–Kier alpha value is -0.870. The van der Waals surface area contributed by atoms with Gasteiger partial charge >= 0.3 is 0 Å². The van der Waals surface area contributed by atoms with Crippen LogP contribution in [0.3, 0.4) is 0 Å². The Balaban J connectivity index is 1.67. The maximum Gasteiger partial charge on any atom is 0.133 e. The molecule has 19 heavy (non-hydrogen) atoms. The van der Waals surface area contributed by atoms with Gasteiger partial charge in [0.25, 0.3) is 0 Å². The van der Waals surface area contributed by atoms with Gasteiger partial charge < -0.3 is 4.52 Å². The molecule has 3 rings (SSSR count). The van der Waals surface area contributed by atoms with Crippen molar-refractivity contribution in [2.45, 2.75) is 64.7 Å². The van der Waals surface area contributed by atoms with Crippen LogP contribution in [0.15, 0.2) is 10.6 Å². The van der Waals surface area contributed by atoms with Crippen molar-refractivity contribution >= 4 is 0 Å². The van der Waals surface area contributed by atoms with E-state index in [9.17, 15) is 0 Å². The Morgan fingerprint density at radius 2 is 2.11 bits per heavy atom. The molecule has 0 amide bonds. The van der Waals surface area contributed by atoms with E-state index in [0.29, 0.717) is 6.04 Å². The number of rotatable bonds is 3. The molecule has 0 aliphatic carbocycles. The van der Waals surface area contributed by atoms with Crippen molar-refractivity contribution in [3.8, 4) is 0 Å². The van der Waals surface area contributed by atoms with Crippen molar-refractivity contribution in [3.05, 3.63) is 17.5 Å². The lowest BCUT2D eigenvalue weighted by molar-refractivity contribution is 0.144. The average Bonchev–Trinajstić information content (AvgIpc) is 2.86. The molecule has 4 heteroatoms. The second kappa shape index (κ2) is 5.25. The maximum absolute atomic E-state index is 5.17. The molecule has 2 bridgehead atoms. The van der Waals surface area contributed by atoms with Gasteiger partial charge in [0.1, 0.15) is 5.76 Å². The highest BCUT2D eigenvalue weighted by molar-refractivity contribution is 5.04. The summed E-state index contributed by atoms with van der Waals surface area (Å²) < 4.78 is 5.17. The largest absolute Gasteiger partial charge is 0.361 e. The quantitative estimate of drug-likeness (QED) is 0.838. The molecule has 2 atom stereocenters. The average molecular weight is 263 g/mol. The minimum absolute atomic E-state index is 0.673. The first-order valence-electron chi connectivity index (χ1n) is 7.55. The summed E-state index contributed by atoms with van der Waals surface area (Å²) in [4.78, 5) is 5.30. The van der Waals surface area contributed by atoms with Crippen LogP contribution < -0.4 is 0 Å². The predicted molar refractivity (Wildman–Crippen MR) is 74.9 cm³/mol. The number of aromatic nitrogens is 1. The molecule has 0 aromatic carbocycles. The third kappa shape index (κ3) is 2.70. The summed E-state index contributed by atoms with van der Waals surface area (Å²) in [5.41, 5.74) is 1.08. The van der Waals surface area contributed by atoms with Gasteiger partial charge in [0, 0.05) is 43.8 Å². The van der Waals surface area contributed by atoms with E-state index in [-0.39, 0.29) is 0 Å². The number of hydrogen-bond donors (Lipinski definition) is 0. The molecule has 0 N–H and O–H groups in total. The van der Waals surface area contributed by atoms with Crippen molar-refractivity contribution in [1.82, 2.24) is 15.0 Å². The van der Waals surface area contributed by atoms with Gasteiger partial charge in [-0.2, -0.15) is 0 Å². The number of hydrogen-bond acceptors (Lipinski definition) is 4. The summed E-state index contributed by atoms with van der Waals surface area (Å²) in [5, 5.41) is 4.13. The molecule has 2 fully saturated rings. The zero-order valence-electron chi connectivity index (χ0n) is 12.3. The van der Waals surface area contributed by atoms with E-state index in [2.05, 4.69) is 34.9 Å². The minimum Gasteiger partial charge on any atom is -0.361 e. The number of aryl methyl sites for hydroxylation is 1. The molecule has 0 saturated carbocycles. The lowest BCUT2D eigenvalue weighted by Gasteiger charge is -2.32. The van der Waals surface area contributed by atoms with Crippen LogP contribution >= 0.6 is 0 Å². The highest BCUT2D eigenvalue weighted by atomic mass is 16.5. The second-order valence-corrected chi connectivity index (χ2v) is 6.38. The predicted octanol–water partition coefficient (Wildman–Crippen LogP) is 2.43. The lowest BCUT2D eigenvalue weighted by Crippen LogP contribution is -2.43. The Kier molecular flexibility index (Phi) is 3.63. The van der Waals surface area contributed by atoms with Crippen LogP contribution in [0.2, 0.25) is 0 Å². The van der Waals surface area contributed by atoms with Gasteiger partial charge in [0.2, 0.25) is 0 Å². The molecule has 2 aliphatic rings. The molecule has 2 aliphatic heterocycles. The number of fused-ring (bicyclic) bond motifs is 2. The van der Waals surface area contributed by atoms with Gasteiger partial charge in [-0.15, -0.1) is 0 Å². The molecular formula is C15H25N3O. The summed E-state index contributed by atoms with van der Waals surface area (Å²) in [6.45, 7) is 9.94. The Morgan fingerprint density at radius 1 is 1.32 bits per heavy atom. The van der Waals surface area contributed by atoms with Crippen molar-refractivity contribution in [2.24, 2.45) is 0 Å². The Labute approximate surface area is 115 Å². The van der Waals surface area contributed by atoms with Gasteiger partial charge in [-0.1, -0.05) is 5.16 Å². The van der Waals surface area contributed by atoms with Gasteiger partial charge in [-0.05, 0) is 40.0 Å². The molecule has 2 saturated heterocycles. The molecule has 1 aromatic heterocycles. The molecule has 0 radical (unpaired) electrons. The zero-order valence-corrected chi connectivity index (χ0v) is 12.3. The van der Waals surface area contributed by atoms with Crippen LogP contribution in [0.5, 0.6) is 0 Å². The lowest BCUT2D eigenvalue weighted by atomic mass is 10.1. The van der Waals surface area contributed by atoms with Crippen molar-refractivity contribution in [2.75, 3.05) is 13.1 Å². The normalized spacial score (nSPS) is 29.1. The summed E-state index contributed by atoms with van der Waals surface area (Å²) in [6.07, 6.45) is 4.04. The number of nitrogens with zero attached hydrogens (tertiary/aromatic N) is 3. The molecule has 0 spiro atoms. The van der Waals surface area contributed by atoms with E-state index in [1.54, 1.807) is 0 Å². The highest BCUT2D eigenvalue weighted by Gasteiger charge is 2.38. The van der Waals surface area contributed by atoms with Crippen molar-refractivity contribution in [1.29, 1.82) is 0 Å². The summed E-state index contributed by atoms with van der Waals surface area (Å²) in [5.74, 6) is 0.912. The fourth-order valence-corrected chi connectivity index (χ4v) is 3.89. The summed E-state index contributed by atoms with van der Waals surface area (Å²) in [7, 11) is 0. The number of likely N-dealkylation sites (tertiary alicyclic amines) is 1. The van der Waals surface area contributed by atoms with Gasteiger partial charge in [0.15, 0.2) is 0 Å². The van der Waals surface area contributed by atoms with E-state index >= 15 is 0 Å². The van der Waals surface area contributed by atoms with Crippen molar-refractivity contribution in [3.63, 3.8) is 0 Å². The monoisotopic (exact) mass is 263 g/mol. The molecule has 1 aromatic rings. The third-order valence-corrected chi connectivity index (χ3v) is 4.58. The van der Waals surface area contributed by atoms with E-state index in [1.165, 1.54) is 32.4 Å². The fourth-order valence-electron chi connectivity index (χ4n) is 3.89. The van der Waals surface area contributed by atoms with E-state index < -0.39 is 0 Å². The van der Waals surface area contributed by atoms with E-state index in [4.69, 9.17) is 4.52 Å². The highest BCUT2D eigenvalue weighted by Crippen LogP contribution is 2.32. The first-order chi connectivity index (χ1) is 9.13. The third-order valence-electron chi connectivity index (χ3n) is 4.58. The topological polar surface area (TPSA) is 32.5 Å². The van der Waals surface area contributed by atoms with Gasteiger partial charge in [0.05, 0.1) is 5.69 Å². The standard InChI is InChI=1S/C15H25N3O/c1-11(2)18-14-4-5-15(18)10-17(7-6-14)9-13-8-12(3)19-16-13/h8,11,14-15H,4-7,9-10H2,1-3H3. The van der Waals surface area contributed by atoms with Crippen LogP contribution in [0, 0.1) is 6.92 Å². The molecule has 3 heterocycles. The smallest absolute Gasteiger partial charge is 0.133 e. The van der Waals surface area contributed by atoms with Gasteiger partial charge in [-0.3, -0.25) is 9.80 Å². The fraction of sp³-hybridized carbons (Fsp3) is 0.800. The summed E-state index contributed by atoms with van der Waals surface area (Å²) in [6, 6.07) is 4.27. The Bertz CT molecular complexity index is 429. The van der Waals surface area contributed by atoms with Crippen molar-refractivity contribution < 1.29 is 4.52 Å². The van der Waals surface area contributed by atoms with E-state index in [0.717, 1.165) is 30.1 Å². The molecular weight excluding hydrogens is 238 g/mol. The molecule has 2 unspecified atom stereocenters. The molecule has 106 valence electrons. The van der Waals surface area contributed by atoms with Gasteiger partial charge in [-0.25, -0.2) is 0 Å². The first kappa shape index (κ1) is 13.1. The van der Waals surface area contributed by atoms with Crippen LogP contribution in [0.1, 0.15) is 44.6 Å². The Morgan fingerprint density at radius 3 is 2.79 bits per heavy atom. The molecule has 4 nitrogen and oxygen atoms in total. The first-order valence-corrected chi connectivity index (χ1v) is 7.55. The minimum atomic E-state index is 0.673. The van der Waals surface area contributed by atoms with Crippen LogP contribution in [0.25, 0.3) is 0 Å². The van der Waals surface area contributed by atoms with Crippen LogP contribution in [0.4, 0.5) is 0 Å². The summed E-state index contributed by atoms with van der Waals surface area (Å²) >= 11 is 0. The SMILES string of the molecule is Cc1cc(CN2CCC3CCC(C2)N3C(C)C)no1. The maximum atomic E-state index is 5.17. The van der Waals surface area contributed by atoms with Crippen LogP contribution in [-0.2, 0) is 6.54 Å².